The second kappa shape index (κ2) is 11.1. The van der Waals surface area contributed by atoms with Gasteiger partial charge in [-0.3, -0.25) is 4.79 Å². The van der Waals surface area contributed by atoms with Crippen molar-refractivity contribution >= 4 is 40.9 Å². The molecule has 0 saturated heterocycles. The van der Waals surface area contributed by atoms with E-state index in [0.717, 1.165) is 35.7 Å². The highest BCUT2D eigenvalue weighted by molar-refractivity contribution is 7.98. The van der Waals surface area contributed by atoms with E-state index in [9.17, 15) is 4.79 Å². The third-order valence-electron chi connectivity index (χ3n) is 5.12. The zero-order valence-electron chi connectivity index (χ0n) is 16.7. The largest absolute Gasteiger partial charge is 0.481 e. The lowest BCUT2D eigenvalue weighted by atomic mass is 9.92. The van der Waals surface area contributed by atoms with Crippen LogP contribution in [0.1, 0.15) is 42.9 Å². The molecule has 0 aliphatic heterocycles. The second-order valence-corrected chi connectivity index (χ2v) is 9.12. The molecule has 0 heterocycles. The lowest BCUT2D eigenvalue weighted by molar-refractivity contribution is -0.127. The van der Waals surface area contributed by atoms with Gasteiger partial charge in [-0.25, -0.2) is 0 Å². The van der Waals surface area contributed by atoms with E-state index in [2.05, 4.69) is 17.4 Å². The summed E-state index contributed by atoms with van der Waals surface area (Å²) in [5, 5.41) is 4.34. The van der Waals surface area contributed by atoms with Gasteiger partial charge in [0.05, 0.1) is 0 Å². The van der Waals surface area contributed by atoms with E-state index in [0.29, 0.717) is 23.0 Å². The molecule has 2 aromatic rings. The van der Waals surface area contributed by atoms with Crippen LogP contribution < -0.4 is 10.1 Å². The maximum Gasteiger partial charge on any atom is 0.261 e. The molecule has 0 saturated carbocycles. The van der Waals surface area contributed by atoms with Gasteiger partial charge in [0.2, 0.25) is 0 Å². The summed E-state index contributed by atoms with van der Waals surface area (Å²) in [6, 6.07) is 11.8. The summed E-state index contributed by atoms with van der Waals surface area (Å²) in [7, 11) is 0. The molecule has 156 valence electrons. The molecular formula is C23H27Cl2NO2S. The van der Waals surface area contributed by atoms with E-state index in [1.807, 2.05) is 31.2 Å². The van der Waals surface area contributed by atoms with Crippen LogP contribution >= 0.6 is 35.0 Å². The minimum absolute atomic E-state index is 0.0680. The van der Waals surface area contributed by atoms with Gasteiger partial charge in [-0.1, -0.05) is 42.3 Å². The standard InChI is InChI=1S/C23H27Cl2NO2S/c1-2-22(28-18-11-10-16-6-3-4-7-17(16)14-18)23(27)26-12-13-29-15-19-20(24)8-5-9-21(19)25/h5,8-11,14,22H,2-4,6-7,12-13,15H2,1H3,(H,26,27). The number of thioether (sulfide) groups is 1. The summed E-state index contributed by atoms with van der Waals surface area (Å²) < 4.78 is 6.00. The van der Waals surface area contributed by atoms with Crippen molar-refractivity contribution in [3.63, 3.8) is 0 Å². The van der Waals surface area contributed by atoms with Crippen LogP contribution in [-0.4, -0.2) is 24.3 Å². The summed E-state index contributed by atoms with van der Waals surface area (Å²) in [4.78, 5) is 12.5. The smallest absolute Gasteiger partial charge is 0.261 e. The van der Waals surface area contributed by atoms with Crippen molar-refractivity contribution in [2.24, 2.45) is 0 Å². The summed E-state index contributed by atoms with van der Waals surface area (Å²) in [5.74, 6) is 2.22. The Morgan fingerprint density at radius 2 is 1.86 bits per heavy atom. The number of ether oxygens (including phenoxy) is 1. The van der Waals surface area contributed by atoms with Gasteiger partial charge in [0.25, 0.3) is 5.91 Å². The zero-order valence-corrected chi connectivity index (χ0v) is 19.0. The first kappa shape index (κ1) is 22.3. The summed E-state index contributed by atoms with van der Waals surface area (Å²) in [5.41, 5.74) is 3.71. The normalized spacial score (nSPS) is 14.2. The number of rotatable bonds is 9. The van der Waals surface area contributed by atoms with Crippen LogP contribution in [0.2, 0.25) is 10.0 Å². The number of carbonyl (C=O) groups is 1. The number of fused-ring (bicyclic) bond motifs is 1. The molecular weight excluding hydrogens is 425 g/mol. The van der Waals surface area contributed by atoms with Crippen molar-refractivity contribution in [2.75, 3.05) is 12.3 Å². The van der Waals surface area contributed by atoms with Crippen molar-refractivity contribution in [3.8, 4) is 5.75 Å². The van der Waals surface area contributed by atoms with E-state index in [-0.39, 0.29) is 5.91 Å². The second-order valence-electron chi connectivity index (χ2n) is 7.20. The van der Waals surface area contributed by atoms with E-state index in [1.54, 1.807) is 11.8 Å². The van der Waals surface area contributed by atoms with Gasteiger partial charge in [0.15, 0.2) is 6.10 Å². The molecule has 0 bridgehead atoms. The Bertz CT molecular complexity index is 823. The Morgan fingerprint density at radius 3 is 2.59 bits per heavy atom. The highest BCUT2D eigenvalue weighted by atomic mass is 35.5. The van der Waals surface area contributed by atoms with Crippen molar-refractivity contribution < 1.29 is 9.53 Å². The number of hydrogen-bond donors (Lipinski definition) is 1. The van der Waals surface area contributed by atoms with Gasteiger partial charge in [-0.2, -0.15) is 11.8 Å². The molecule has 1 aliphatic rings. The van der Waals surface area contributed by atoms with Gasteiger partial charge in [0, 0.05) is 28.1 Å². The zero-order chi connectivity index (χ0) is 20.6. The molecule has 2 aromatic carbocycles. The SMILES string of the molecule is CCC(Oc1ccc2c(c1)CCCC2)C(=O)NCCSCc1c(Cl)cccc1Cl. The Morgan fingerprint density at radius 1 is 1.14 bits per heavy atom. The van der Waals surface area contributed by atoms with E-state index in [4.69, 9.17) is 27.9 Å². The molecule has 0 spiro atoms. The number of aryl methyl sites for hydroxylation is 2. The van der Waals surface area contributed by atoms with Crippen LogP contribution in [0.5, 0.6) is 5.75 Å². The number of nitrogens with one attached hydrogen (secondary N) is 1. The minimum Gasteiger partial charge on any atom is -0.481 e. The quantitative estimate of drug-likeness (QED) is 0.469. The van der Waals surface area contributed by atoms with Crippen molar-refractivity contribution in [1.82, 2.24) is 5.32 Å². The molecule has 1 amide bonds. The summed E-state index contributed by atoms with van der Waals surface area (Å²) in [6.45, 7) is 2.55. The molecule has 0 radical (unpaired) electrons. The third kappa shape index (κ3) is 6.31. The molecule has 1 atom stereocenters. The fourth-order valence-corrected chi connectivity index (χ4v) is 5.07. The Balaban J connectivity index is 1.44. The lowest BCUT2D eigenvalue weighted by Gasteiger charge is -2.20. The average molecular weight is 452 g/mol. The van der Waals surface area contributed by atoms with Gasteiger partial charge in [0.1, 0.15) is 5.75 Å². The van der Waals surface area contributed by atoms with Crippen LogP contribution in [-0.2, 0) is 23.4 Å². The Hall–Kier alpha value is -1.36. The summed E-state index contributed by atoms with van der Waals surface area (Å²) >= 11 is 14.1. The van der Waals surface area contributed by atoms with Gasteiger partial charge < -0.3 is 10.1 Å². The van der Waals surface area contributed by atoms with E-state index < -0.39 is 6.10 Å². The molecule has 1 N–H and O–H groups in total. The van der Waals surface area contributed by atoms with Crippen LogP contribution in [0, 0.1) is 0 Å². The van der Waals surface area contributed by atoms with Crippen LogP contribution in [0.25, 0.3) is 0 Å². The topological polar surface area (TPSA) is 38.3 Å². The number of halogens is 2. The van der Waals surface area contributed by atoms with Gasteiger partial charge >= 0.3 is 0 Å². The molecule has 0 aromatic heterocycles. The fraction of sp³-hybridized carbons (Fsp3) is 0.435. The minimum atomic E-state index is -0.473. The predicted octanol–water partition coefficient (Wildman–Crippen LogP) is 6.08. The Kier molecular flexibility index (Phi) is 8.58. The maximum absolute atomic E-state index is 12.5. The highest BCUT2D eigenvalue weighted by Gasteiger charge is 2.19. The van der Waals surface area contributed by atoms with Gasteiger partial charge in [-0.15, -0.1) is 0 Å². The van der Waals surface area contributed by atoms with Gasteiger partial charge in [-0.05, 0) is 73.1 Å². The summed E-state index contributed by atoms with van der Waals surface area (Å²) in [6.07, 6.45) is 4.89. The molecule has 1 aliphatic carbocycles. The molecule has 1 unspecified atom stereocenters. The molecule has 0 fully saturated rings. The maximum atomic E-state index is 12.5. The number of hydrogen-bond acceptors (Lipinski definition) is 3. The van der Waals surface area contributed by atoms with Crippen molar-refractivity contribution in [1.29, 1.82) is 0 Å². The first-order valence-corrected chi connectivity index (χ1v) is 12.1. The van der Waals surface area contributed by atoms with E-state index in [1.165, 1.54) is 24.0 Å². The molecule has 29 heavy (non-hydrogen) atoms. The molecule has 3 rings (SSSR count). The third-order valence-corrected chi connectivity index (χ3v) is 6.81. The average Bonchev–Trinajstić information content (AvgIpc) is 2.73. The monoisotopic (exact) mass is 451 g/mol. The lowest BCUT2D eigenvalue weighted by Crippen LogP contribution is -2.39. The predicted molar refractivity (Wildman–Crippen MR) is 123 cm³/mol. The highest BCUT2D eigenvalue weighted by Crippen LogP contribution is 2.28. The number of carbonyl (C=O) groups excluding carboxylic acids is 1. The van der Waals surface area contributed by atoms with E-state index >= 15 is 0 Å². The van der Waals surface area contributed by atoms with Crippen LogP contribution in [0.4, 0.5) is 0 Å². The van der Waals surface area contributed by atoms with Crippen molar-refractivity contribution in [3.05, 3.63) is 63.1 Å². The molecule has 3 nitrogen and oxygen atoms in total. The Labute approximate surface area is 187 Å². The van der Waals surface area contributed by atoms with Crippen molar-refractivity contribution in [2.45, 2.75) is 50.9 Å². The first-order chi connectivity index (χ1) is 14.1. The van der Waals surface area contributed by atoms with Crippen LogP contribution in [0.15, 0.2) is 36.4 Å². The number of amides is 1. The first-order valence-electron chi connectivity index (χ1n) is 10.1. The fourth-order valence-electron chi connectivity index (χ4n) is 3.47. The van der Waals surface area contributed by atoms with Crippen LogP contribution in [0.3, 0.4) is 0 Å². The molecule has 6 heteroatoms. The number of benzene rings is 2.